The average Bonchev–Trinajstić information content (AvgIpc) is 2.86. The number of aryl methyl sites for hydroxylation is 1. The summed E-state index contributed by atoms with van der Waals surface area (Å²) in [6.07, 6.45) is 0.249. The number of furan rings is 1. The molecule has 0 aliphatic heterocycles. The highest BCUT2D eigenvalue weighted by Crippen LogP contribution is 2.23. The highest BCUT2D eigenvalue weighted by Gasteiger charge is 2.14. The number of Topliss-reactive ketones (excluding diaryl/α,β-unsaturated/α-hetero) is 1. The van der Waals surface area contributed by atoms with Crippen LogP contribution >= 0.6 is 11.6 Å². The lowest BCUT2D eigenvalue weighted by Gasteiger charge is -2.03. The van der Waals surface area contributed by atoms with Crippen molar-refractivity contribution in [3.05, 3.63) is 70.4 Å². The van der Waals surface area contributed by atoms with Gasteiger partial charge in [0.25, 0.3) is 0 Å². The van der Waals surface area contributed by atoms with Gasteiger partial charge in [-0.05, 0) is 36.2 Å². The number of para-hydroxylation sites is 1. The van der Waals surface area contributed by atoms with Gasteiger partial charge in [0.15, 0.2) is 5.76 Å². The van der Waals surface area contributed by atoms with Gasteiger partial charge in [-0.1, -0.05) is 41.9 Å². The summed E-state index contributed by atoms with van der Waals surface area (Å²) in [6.45, 7) is 1.97. The molecule has 0 aliphatic carbocycles. The number of halogens is 1. The summed E-state index contributed by atoms with van der Waals surface area (Å²) in [7, 11) is 0. The predicted molar refractivity (Wildman–Crippen MR) is 80.4 cm³/mol. The van der Waals surface area contributed by atoms with Crippen molar-refractivity contribution in [1.82, 2.24) is 0 Å². The summed E-state index contributed by atoms with van der Waals surface area (Å²) >= 11 is 6.16. The van der Waals surface area contributed by atoms with E-state index in [1.165, 1.54) is 0 Å². The largest absolute Gasteiger partial charge is 0.453 e. The molecular weight excluding hydrogens is 272 g/mol. The van der Waals surface area contributed by atoms with Crippen molar-refractivity contribution in [3.63, 3.8) is 0 Å². The third-order valence-electron chi connectivity index (χ3n) is 3.26. The Hall–Kier alpha value is -2.06. The summed E-state index contributed by atoms with van der Waals surface area (Å²) in [4.78, 5) is 12.3. The Kier molecular flexibility index (Phi) is 3.33. The van der Waals surface area contributed by atoms with Gasteiger partial charge < -0.3 is 4.42 Å². The molecule has 3 aromatic rings. The average molecular weight is 285 g/mol. The lowest BCUT2D eigenvalue weighted by Crippen LogP contribution is -2.02. The molecule has 0 aliphatic rings. The zero-order valence-electron chi connectivity index (χ0n) is 11.0. The summed E-state index contributed by atoms with van der Waals surface area (Å²) < 4.78 is 5.57. The summed E-state index contributed by atoms with van der Waals surface area (Å²) in [5.74, 6) is 0.315. The zero-order chi connectivity index (χ0) is 14.1. The van der Waals surface area contributed by atoms with E-state index in [1.807, 2.05) is 49.4 Å². The van der Waals surface area contributed by atoms with E-state index in [-0.39, 0.29) is 12.2 Å². The molecule has 0 saturated carbocycles. The van der Waals surface area contributed by atoms with Gasteiger partial charge >= 0.3 is 0 Å². The molecule has 0 radical (unpaired) electrons. The lowest BCUT2D eigenvalue weighted by molar-refractivity contribution is 0.0968. The molecule has 0 unspecified atom stereocenters. The number of benzene rings is 2. The molecule has 0 N–H and O–H groups in total. The van der Waals surface area contributed by atoms with Crippen LogP contribution in [0, 0.1) is 6.92 Å². The van der Waals surface area contributed by atoms with E-state index >= 15 is 0 Å². The van der Waals surface area contributed by atoms with Crippen LogP contribution in [0.4, 0.5) is 0 Å². The maximum atomic E-state index is 12.3. The first kappa shape index (κ1) is 12.9. The zero-order valence-corrected chi connectivity index (χ0v) is 11.8. The molecule has 100 valence electrons. The van der Waals surface area contributed by atoms with Gasteiger partial charge in [0.1, 0.15) is 5.58 Å². The van der Waals surface area contributed by atoms with Crippen molar-refractivity contribution >= 4 is 28.4 Å². The van der Waals surface area contributed by atoms with E-state index in [2.05, 4.69) is 0 Å². The van der Waals surface area contributed by atoms with E-state index in [1.54, 1.807) is 6.07 Å². The van der Waals surface area contributed by atoms with Crippen molar-refractivity contribution in [2.24, 2.45) is 0 Å². The SMILES string of the molecule is Cc1ccc(CC(=O)c2cc3ccccc3o2)c(Cl)c1. The summed E-state index contributed by atoms with van der Waals surface area (Å²) in [6, 6.07) is 15.1. The van der Waals surface area contributed by atoms with Gasteiger partial charge in [0, 0.05) is 16.8 Å². The number of carbonyl (C=O) groups is 1. The Morgan fingerprint density at radius 2 is 1.95 bits per heavy atom. The molecule has 0 fully saturated rings. The van der Waals surface area contributed by atoms with E-state index in [4.69, 9.17) is 16.0 Å². The Balaban J connectivity index is 1.89. The van der Waals surface area contributed by atoms with E-state index in [0.29, 0.717) is 10.8 Å². The molecule has 0 saturated heterocycles. The summed E-state index contributed by atoms with van der Waals surface area (Å²) in [5, 5.41) is 1.56. The second kappa shape index (κ2) is 5.14. The van der Waals surface area contributed by atoms with Crippen LogP contribution in [0.15, 0.2) is 52.9 Å². The van der Waals surface area contributed by atoms with Crippen LogP contribution in [0.3, 0.4) is 0 Å². The maximum absolute atomic E-state index is 12.3. The van der Waals surface area contributed by atoms with Crippen LogP contribution < -0.4 is 0 Å². The van der Waals surface area contributed by atoms with Crippen LogP contribution in [-0.2, 0) is 6.42 Å². The van der Waals surface area contributed by atoms with Crippen LogP contribution in [0.25, 0.3) is 11.0 Å². The Bertz CT molecular complexity index is 754. The highest BCUT2D eigenvalue weighted by atomic mass is 35.5. The molecule has 2 nitrogen and oxygen atoms in total. The topological polar surface area (TPSA) is 30.2 Å². The third kappa shape index (κ3) is 2.47. The first-order chi connectivity index (χ1) is 9.63. The minimum Gasteiger partial charge on any atom is -0.453 e. The normalized spacial score (nSPS) is 10.9. The number of ketones is 1. The fourth-order valence-corrected chi connectivity index (χ4v) is 2.48. The number of fused-ring (bicyclic) bond motifs is 1. The molecule has 3 rings (SSSR count). The van der Waals surface area contributed by atoms with Crippen molar-refractivity contribution < 1.29 is 9.21 Å². The fraction of sp³-hybridized carbons (Fsp3) is 0.118. The molecule has 2 aromatic carbocycles. The van der Waals surface area contributed by atoms with Gasteiger partial charge in [-0.25, -0.2) is 0 Å². The van der Waals surface area contributed by atoms with Crippen LogP contribution in [-0.4, -0.2) is 5.78 Å². The monoisotopic (exact) mass is 284 g/mol. The van der Waals surface area contributed by atoms with Crippen LogP contribution in [0.5, 0.6) is 0 Å². The summed E-state index contributed by atoms with van der Waals surface area (Å²) in [5.41, 5.74) is 2.63. The molecular formula is C17H13ClO2. The maximum Gasteiger partial charge on any atom is 0.202 e. The number of hydrogen-bond donors (Lipinski definition) is 0. The standard InChI is InChI=1S/C17H13ClO2/c1-11-6-7-12(14(18)8-11)9-15(19)17-10-13-4-2-3-5-16(13)20-17/h2-8,10H,9H2,1H3. The number of rotatable bonds is 3. The van der Waals surface area contributed by atoms with E-state index < -0.39 is 0 Å². The predicted octanol–water partition coefficient (Wildman–Crippen LogP) is 4.82. The fourth-order valence-electron chi connectivity index (χ4n) is 2.18. The van der Waals surface area contributed by atoms with Gasteiger partial charge in [0.2, 0.25) is 5.78 Å². The van der Waals surface area contributed by atoms with Crippen molar-refractivity contribution in [2.45, 2.75) is 13.3 Å². The Labute approximate surface area is 122 Å². The molecule has 20 heavy (non-hydrogen) atoms. The molecule has 0 spiro atoms. The van der Waals surface area contributed by atoms with Gasteiger partial charge in [-0.2, -0.15) is 0 Å². The van der Waals surface area contributed by atoms with Crippen molar-refractivity contribution in [1.29, 1.82) is 0 Å². The van der Waals surface area contributed by atoms with Crippen molar-refractivity contribution in [2.75, 3.05) is 0 Å². The van der Waals surface area contributed by atoms with E-state index in [9.17, 15) is 4.79 Å². The molecule has 1 heterocycles. The minimum atomic E-state index is -0.0630. The first-order valence-corrected chi connectivity index (χ1v) is 6.78. The quantitative estimate of drug-likeness (QED) is 0.646. The molecule has 0 bridgehead atoms. The van der Waals surface area contributed by atoms with Gasteiger partial charge in [-0.15, -0.1) is 0 Å². The van der Waals surface area contributed by atoms with Gasteiger partial charge in [0.05, 0.1) is 0 Å². The second-order valence-electron chi connectivity index (χ2n) is 4.84. The Morgan fingerprint density at radius 3 is 2.70 bits per heavy atom. The van der Waals surface area contributed by atoms with Crippen molar-refractivity contribution in [3.8, 4) is 0 Å². The first-order valence-electron chi connectivity index (χ1n) is 6.40. The van der Waals surface area contributed by atoms with Crippen LogP contribution in [0.1, 0.15) is 21.7 Å². The second-order valence-corrected chi connectivity index (χ2v) is 5.25. The molecule has 0 amide bonds. The van der Waals surface area contributed by atoms with Gasteiger partial charge in [-0.3, -0.25) is 4.79 Å². The molecule has 3 heteroatoms. The van der Waals surface area contributed by atoms with E-state index in [0.717, 1.165) is 22.1 Å². The highest BCUT2D eigenvalue weighted by molar-refractivity contribution is 6.31. The van der Waals surface area contributed by atoms with Crippen LogP contribution in [0.2, 0.25) is 5.02 Å². The lowest BCUT2D eigenvalue weighted by atomic mass is 10.1. The smallest absolute Gasteiger partial charge is 0.202 e. The third-order valence-corrected chi connectivity index (χ3v) is 3.61. The molecule has 1 aromatic heterocycles. The minimum absolute atomic E-state index is 0.0630. The number of carbonyl (C=O) groups excluding carboxylic acids is 1. The Morgan fingerprint density at radius 1 is 1.15 bits per heavy atom. The molecule has 0 atom stereocenters. The number of hydrogen-bond acceptors (Lipinski definition) is 2.